The van der Waals surface area contributed by atoms with Crippen molar-refractivity contribution in [1.82, 2.24) is 5.43 Å². The molecule has 0 saturated heterocycles. The van der Waals surface area contributed by atoms with E-state index in [2.05, 4.69) is 23.6 Å². The molecule has 0 aliphatic rings. The predicted octanol–water partition coefficient (Wildman–Crippen LogP) is 3.90. The number of thiophene rings is 1. The van der Waals surface area contributed by atoms with Crippen LogP contribution < -0.4 is 11.3 Å². The van der Waals surface area contributed by atoms with Gasteiger partial charge in [0.2, 0.25) is 0 Å². The number of benzene rings is 2. The zero-order valence-electron chi connectivity index (χ0n) is 11.1. The zero-order valence-corrected chi connectivity index (χ0v) is 11.9. The summed E-state index contributed by atoms with van der Waals surface area (Å²) in [6, 6.07) is 14.9. The smallest absolute Gasteiger partial charge is 0.128 e. The number of fused-ring (bicyclic) bond motifs is 1. The maximum Gasteiger partial charge on any atom is 0.128 e. The van der Waals surface area contributed by atoms with Crippen LogP contribution in [-0.4, -0.2) is 0 Å². The molecule has 1 atom stereocenters. The van der Waals surface area contributed by atoms with Gasteiger partial charge in [-0.15, -0.1) is 11.3 Å². The summed E-state index contributed by atoms with van der Waals surface area (Å²) >= 11 is 1.63. The van der Waals surface area contributed by atoms with Crippen molar-refractivity contribution in [2.45, 2.75) is 13.0 Å². The predicted molar refractivity (Wildman–Crippen MR) is 82.1 cm³/mol. The van der Waals surface area contributed by atoms with Crippen molar-refractivity contribution in [1.29, 1.82) is 0 Å². The maximum absolute atomic E-state index is 14.1. The van der Waals surface area contributed by atoms with Gasteiger partial charge in [0.15, 0.2) is 0 Å². The van der Waals surface area contributed by atoms with Gasteiger partial charge < -0.3 is 0 Å². The van der Waals surface area contributed by atoms with E-state index in [9.17, 15) is 4.39 Å². The zero-order chi connectivity index (χ0) is 14.1. The van der Waals surface area contributed by atoms with Crippen LogP contribution in [0.4, 0.5) is 4.39 Å². The van der Waals surface area contributed by atoms with Crippen LogP contribution in [0.25, 0.3) is 10.1 Å². The highest BCUT2D eigenvalue weighted by Crippen LogP contribution is 2.33. The molecule has 4 heteroatoms. The summed E-state index contributed by atoms with van der Waals surface area (Å²) in [5, 5.41) is 1.15. The van der Waals surface area contributed by atoms with Crippen LogP contribution in [0.3, 0.4) is 0 Å². The fourth-order valence-corrected chi connectivity index (χ4v) is 3.50. The summed E-state index contributed by atoms with van der Waals surface area (Å²) in [5.74, 6) is 5.43. The van der Waals surface area contributed by atoms with Crippen LogP contribution >= 0.6 is 11.3 Å². The van der Waals surface area contributed by atoms with E-state index in [1.165, 1.54) is 10.8 Å². The highest BCUT2D eigenvalue weighted by atomic mass is 32.1. The first-order chi connectivity index (χ1) is 9.69. The molecule has 102 valence electrons. The summed E-state index contributed by atoms with van der Waals surface area (Å²) in [6.45, 7) is 1.95. The molecular weight excluding hydrogens is 271 g/mol. The molecule has 20 heavy (non-hydrogen) atoms. The molecule has 0 radical (unpaired) electrons. The van der Waals surface area contributed by atoms with Crippen LogP contribution in [-0.2, 0) is 0 Å². The number of halogens is 1. The second kappa shape index (κ2) is 5.32. The van der Waals surface area contributed by atoms with Crippen LogP contribution in [0.15, 0.2) is 48.5 Å². The quantitative estimate of drug-likeness (QED) is 0.566. The molecule has 1 unspecified atom stereocenters. The Labute approximate surface area is 121 Å². The Kier molecular flexibility index (Phi) is 3.53. The molecule has 2 nitrogen and oxygen atoms in total. The molecule has 1 aromatic heterocycles. The van der Waals surface area contributed by atoms with Crippen LogP contribution in [0.5, 0.6) is 0 Å². The van der Waals surface area contributed by atoms with Gasteiger partial charge in [0.1, 0.15) is 5.82 Å². The number of hydrogen-bond donors (Lipinski definition) is 2. The SMILES string of the molecule is Cc1ccc(F)c(C(NN)c2cc3ccccc3s2)c1. The fourth-order valence-electron chi connectivity index (χ4n) is 2.35. The molecule has 0 saturated carbocycles. The summed E-state index contributed by atoms with van der Waals surface area (Å²) in [5.41, 5.74) is 4.33. The number of nitrogens with one attached hydrogen (secondary N) is 1. The fraction of sp³-hybridized carbons (Fsp3) is 0.125. The van der Waals surface area contributed by atoms with Crippen molar-refractivity contribution in [3.05, 3.63) is 70.4 Å². The van der Waals surface area contributed by atoms with Crippen LogP contribution in [0, 0.1) is 12.7 Å². The van der Waals surface area contributed by atoms with E-state index in [1.54, 1.807) is 17.4 Å². The van der Waals surface area contributed by atoms with Gasteiger partial charge in [-0.25, -0.2) is 9.82 Å². The molecule has 3 N–H and O–H groups in total. The molecule has 0 amide bonds. The number of aryl methyl sites for hydroxylation is 1. The molecule has 0 aliphatic carbocycles. The second-order valence-corrected chi connectivity index (χ2v) is 5.93. The molecule has 3 rings (SSSR count). The average molecular weight is 286 g/mol. The Bertz CT molecular complexity index is 718. The summed E-state index contributed by atoms with van der Waals surface area (Å²) in [6.07, 6.45) is 0. The van der Waals surface area contributed by atoms with E-state index in [1.807, 2.05) is 25.1 Å². The summed E-state index contributed by atoms with van der Waals surface area (Å²) < 4.78 is 15.2. The van der Waals surface area contributed by atoms with Gasteiger partial charge >= 0.3 is 0 Å². The first-order valence-corrected chi connectivity index (χ1v) is 7.21. The normalized spacial score (nSPS) is 12.8. The molecule has 1 heterocycles. The number of hydrazine groups is 1. The molecule has 3 aromatic rings. The highest BCUT2D eigenvalue weighted by Gasteiger charge is 2.19. The van der Waals surface area contributed by atoms with E-state index in [0.717, 1.165) is 15.8 Å². The first kappa shape index (κ1) is 13.2. The van der Waals surface area contributed by atoms with Gasteiger partial charge in [-0.1, -0.05) is 35.9 Å². The van der Waals surface area contributed by atoms with Crippen molar-refractivity contribution >= 4 is 21.4 Å². The van der Waals surface area contributed by atoms with Crippen molar-refractivity contribution in [3.8, 4) is 0 Å². The monoisotopic (exact) mass is 286 g/mol. The van der Waals surface area contributed by atoms with Crippen molar-refractivity contribution in [2.75, 3.05) is 0 Å². The molecule has 0 fully saturated rings. The summed E-state index contributed by atoms with van der Waals surface area (Å²) in [7, 11) is 0. The Hall–Kier alpha value is -1.75. The first-order valence-electron chi connectivity index (χ1n) is 6.39. The minimum atomic E-state index is -0.327. The lowest BCUT2D eigenvalue weighted by molar-refractivity contribution is 0.563. The standard InChI is InChI=1S/C16H15FN2S/c1-10-6-7-13(17)12(8-10)16(19-18)15-9-11-4-2-3-5-14(11)20-15/h2-9,16,19H,18H2,1H3. The Morgan fingerprint density at radius 2 is 1.95 bits per heavy atom. The Morgan fingerprint density at radius 3 is 2.70 bits per heavy atom. The van der Waals surface area contributed by atoms with E-state index in [0.29, 0.717) is 5.56 Å². The van der Waals surface area contributed by atoms with Gasteiger partial charge in [-0.3, -0.25) is 5.84 Å². The van der Waals surface area contributed by atoms with E-state index in [4.69, 9.17) is 5.84 Å². The molecule has 0 aliphatic heterocycles. The summed E-state index contributed by atoms with van der Waals surface area (Å²) in [4.78, 5) is 1.01. The largest absolute Gasteiger partial charge is 0.271 e. The number of rotatable bonds is 3. The van der Waals surface area contributed by atoms with Gasteiger partial charge in [0.05, 0.1) is 6.04 Å². The van der Waals surface area contributed by atoms with E-state index >= 15 is 0 Å². The Morgan fingerprint density at radius 1 is 1.15 bits per heavy atom. The number of nitrogens with two attached hydrogens (primary N) is 1. The third-order valence-electron chi connectivity index (χ3n) is 3.36. The van der Waals surface area contributed by atoms with E-state index < -0.39 is 0 Å². The van der Waals surface area contributed by atoms with Crippen molar-refractivity contribution in [3.63, 3.8) is 0 Å². The maximum atomic E-state index is 14.1. The van der Waals surface area contributed by atoms with Gasteiger partial charge in [0, 0.05) is 15.1 Å². The topological polar surface area (TPSA) is 38.0 Å². The lowest BCUT2D eigenvalue weighted by Gasteiger charge is -2.16. The van der Waals surface area contributed by atoms with Crippen molar-refractivity contribution in [2.24, 2.45) is 5.84 Å². The Balaban J connectivity index is 2.11. The third-order valence-corrected chi connectivity index (χ3v) is 4.54. The number of hydrogen-bond acceptors (Lipinski definition) is 3. The lowest BCUT2D eigenvalue weighted by Crippen LogP contribution is -2.29. The van der Waals surface area contributed by atoms with Gasteiger partial charge in [-0.05, 0) is 30.5 Å². The lowest BCUT2D eigenvalue weighted by atomic mass is 10.0. The van der Waals surface area contributed by atoms with Gasteiger partial charge in [0.25, 0.3) is 0 Å². The van der Waals surface area contributed by atoms with E-state index in [-0.39, 0.29) is 11.9 Å². The third kappa shape index (κ3) is 2.33. The average Bonchev–Trinajstić information content (AvgIpc) is 2.87. The molecule has 2 aromatic carbocycles. The molecular formula is C16H15FN2S. The molecule has 0 spiro atoms. The minimum Gasteiger partial charge on any atom is -0.271 e. The minimum absolute atomic E-state index is 0.240. The second-order valence-electron chi connectivity index (χ2n) is 4.81. The van der Waals surface area contributed by atoms with Crippen LogP contribution in [0.1, 0.15) is 22.0 Å². The van der Waals surface area contributed by atoms with Gasteiger partial charge in [-0.2, -0.15) is 0 Å². The van der Waals surface area contributed by atoms with Crippen molar-refractivity contribution < 1.29 is 4.39 Å². The van der Waals surface area contributed by atoms with Crippen LogP contribution in [0.2, 0.25) is 0 Å². The highest BCUT2D eigenvalue weighted by molar-refractivity contribution is 7.19. The molecule has 0 bridgehead atoms.